The maximum atomic E-state index is 12.2. The molecule has 0 fully saturated rings. The molecule has 0 radical (unpaired) electrons. The molecular formula is C15H19N3O2. The van der Waals surface area contributed by atoms with E-state index in [1.807, 2.05) is 26.0 Å². The third-order valence-electron chi connectivity index (χ3n) is 3.12. The van der Waals surface area contributed by atoms with Gasteiger partial charge in [-0.2, -0.15) is 0 Å². The van der Waals surface area contributed by atoms with Gasteiger partial charge in [-0.25, -0.2) is 4.98 Å². The first kappa shape index (κ1) is 14.2. The summed E-state index contributed by atoms with van der Waals surface area (Å²) in [7, 11) is 0. The van der Waals surface area contributed by atoms with Crippen LogP contribution in [0.4, 0.5) is 0 Å². The van der Waals surface area contributed by atoms with Crippen LogP contribution in [0.1, 0.15) is 52.8 Å². The Bertz CT molecular complexity index is 619. The van der Waals surface area contributed by atoms with Crippen molar-refractivity contribution in [3.63, 3.8) is 0 Å². The number of hydrogen-bond acceptors (Lipinski definition) is 4. The Morgan fingerprint density at radius 1 is 1.40 bits per heavy atom. The SMILES string of the molecule is CC[C@H](NC(=O)c1oc(C)nc1C)c1cc(C)ccn1. The zero-order valence-electron chi connectivity index (χ0n) is 12.2. The Balaban J connectivity index is 2.18. The van der Waals surface area contributed by atoms with Crippen molar-refractivity contribution in [2.45, 2.75) is 40.2 Å². The van der Waals surface area contributed by atoms with Crippen LogP contribution >= 0.6 is 0 Å². The Labute approximate surface area is 118 Å². The molecule has 106 valence electrons. The second-order valence-electron chi connectivity index (χ2n) is 4.84. The second-order valence-corrected chi connectivity index (χ2v) is 4.84. The fourth-order valence-electron chi connectivity index (χ4n) is 2.10. The molecule has 0 saturated heterocycles. The molecule has 0 saturated carbocycles. The fraction of sp³-hybridized carbons (Fsp3) is 0.400. The number of aromatic nitrogens is 2. The molecular weight excluding hydrogens is 254 g/mol. The van der Waals surface area contributed by atoms with Crippen LogP contribution in [0.25, 0.3) is 0 Å². The Morgan fingerprint density at radius 2 is 2.15 bits per heavy atom. The lowest BCUT2D eigenvalue weighted by atomic mass is 10.1. The zero-order chi connectivity index (χ0) is 14.7. The number of amides is 1. The van der Waals surface area contributed by atoms with Crippen LogP contribution in [0.5, 0.6) is 0 Å². The van der Waals surface area contributed by atoms with Gasteiger partial charge in [-0.3, -0.25) is 9.78 Å². The molecule has 1 atom stereocenters. The molecule has 0 aliphatic heterocycles. The van der Waals surface area contributed by atoms with Crippen molar-refractivity contribution in [1.29, 1.82) is 0 Å². The number of oxazole rings is 1. The molecule has 20 heavy (non-hydrogen) atoms. The topological polar surface area (TPSA) is 68.0 Å². The Hall–Kier alpha value is -2.17. The van der Waals surface area contributed by atoms with Crippen molar-refractivity contribution in [3.05, 3.63) is 46.9 Å². The van der Waals surface area contributed by atoms with Gasteiger partial charge in [0.25, 0.3) is 5.91 Å². The van der Waals surface area contributed by atoms with Crippen molar-refractivity contribution in [3.8, 4) is 0 Å². The number of carbonyl (C=O) groups excluding carboxylic acids is 1. The third-order valence-corrected chi connectivity index (χ3v) is 3.12. The summed E-state index contributed by atoms with van der Waals surface area (Å²) in [6.45, 7) is 7.50. The lowest BCUT2D eigenvalue weighted by molar-refractivity contribution is 0.0904. The van der Waals surface area contributed by atoms with E-state index in [1.165, 1.54) is 0 Å². The number of carbonyl (C=O) groups is 1. The number of hydrogen-bond donors (Lipinski definition) is 1. The van der Waals surface area contributed by atoms with Gasteiger partial charge in [0.2, 0.25) is 5.76 Å². The highest BCUT2D eigenvalue weighted by atomic mass is 16.4. The van der Waals surface area contributed by atoms with E-state index in [2.05, 4.69) is 15.3 Å². The molecule has 0 spiro atoms. The highest BCUT2D eigenvalue weighted by Crippen LogP contribution is 2.17. The van der Waals surface area contributed by atoms with Crippen LogP contribution in [-0.2, 0) is 0 Å². The predicted molar refractivity (Wildman–Crippen MR) is 75.4 cm³/mol. The molecule has 2 heterocycles. The quantitative estimate of drug-likeness (QED) is 0.930. The summed E-state index contributed by atoms with van der Waals surface area (Å²) in [4.78, 5) is 20.7. The minimum absolute atomic E-state index is 0.132. The Morgan fingerprint density at radius 3 is 2.70 bits per heavy atom. The minimum Gasteiger partial charge on any atom is -0.436 e. The predicted octanol–water partition coefficient (Wildman–Crippen LogP) is 2.88. The second kappa shape index (κ2) is 5.86. The molecule has 1 amide bonds. The monoisotopic (exact) mass is 273 g/mol. The minimum atomic E-state index is -0.252. The molecule has 2 aromatic rings. The first-order valence-corrected chi connectivity index (χ1v) is 6.68. The van der Waals surface area contributed by atoms with E-state index < -0.39 is 0 Å². The molecule has 2 rings (SSSR count). The van der Waals surface area contributed by atoms with E-state index in [1.54, 1.807) is 20.0 Å². The average Bonchev–Trinajstić information content (AvgIpc) is 2.75. The van der Waals surface area contributed by atoms with Crippen molar-refractivity contribution in [2.75, 3.05) is 0 Å². The summed E-state index contributed by atoms with van der Waals surface area (Å²) in [6, 6.07) is 3.78. The van der Waals surface area contributed by atoms with E-state index in [-0.39, 0.29) is 17.7 Å². The van der Waals surface area contributed by atoms with Gasteiger partial charge in [0, 0.05) is 13.1 Å². The Kier molecular flexibility index (Phi) is 4.17. The van der Waals surface area contributed by atoms with Crippen molar-refractivity contribution in [2.24, 2.45) is 0 Å². The standard InChI is InChI=1S/C15H19N3O2/c1-5-12(13-8-9(2)6-7-16-13)18-15(19)14-10(3)17-11(4)20-14/h6-8,12H,5H2,1-4H3,(H,18,19)/t12-/m0/s1. The van der Waals surface area contributed by atoms with Crippen LogP contribution in [0.3, 0.4) is 0 Å². The zero-order valence-corrected chi connectivity index (χ0v) is 12.2. The maximum absolute atomic E-state index is 12.2. The van der Waals surface area contributed by atoms with Gasteiger partial charge in [-0.15, -0.1) is 0 Å². The van der Waals surface area contributed by atoms with E-state index in [9.17, 15) is 4.79 Å². The molecule has 1 N–H and O–H groups in total. The van der Waals surface area contributed by atoms with E-state index in [0.29, 0.717) is 11.6 Å². The lowest BCUT2D eigenvalue weighted by Crippen LogP contribution is -2.29. The van der Waals surface area contributed by atoms with Gasteiger partial charge < -0.3 is 9.73 Å². The van der Waals surface area contributed by atoms with E-state index in [0.717, 1.165) is 17.7 Å². The van der Waals surface area contributed by atoms with Gasteiger partial charge in [-0.05, 0) is 38.0 Å². The molecule has 0 aliphatic rings. The largest absolute Gasteiger partial charge is 0.436 e. The third kappa shape index (κ3) is 3.04. The van der Waals surface area contributed by atoms with Gasteiger partial charge in [0.15, 0.2) is 5.89 Å². The van der Waals surface area contributed by atoms with Crippen molar-refractivity contribution >= 4 is 5.91 Å². The summed E-state index contributed by atoms with van der Waals surface area (Å²) < 4.78 is 5.34. The average molecular weight is 273 g/mol. The number of nitrogens with zero attached hydrogens (tertiary/aromatic N) is 2. The van der Waals surface area contributed by atoms with Crippen LogP contribution < -0.4 is 5.32 Å². The van der Waals surface area contributed by atoms with Gasteiger partial charge in [0.05, 0.1) is 17.4 Å². The smallest absolute Gasteiger partial charge is 0.289 e. The van der Waals surface area contributed by atoms with Gasteiger partial charge in [-0.1, -0.05) is 6.92 Å². The highest BCUT2D eigenvalue weighted by Gasteiger charge is 2.20. The molecule has 0 bridgehead atoms. The van der Waals surface area contributed by atoms with Crippen molar-refractivity contribution < 1.29 is 9.21 Å². The maximum Gasteiger partial charge on any atom is 0.289 e. The summed E-state index contributed by atoms with van der Waals surface area (Å²) in [5, 5.41) is 2.95. The number of rotatable bonds is 4. The molecule has 0 unspecified atom stereocenters. The first-order chi connectivity index (χ1) is 9.51. The summed E-state index contributed by atoms with van der Waals surface area (Å²) >= 11 is 0. The normalized spacial score (nSPS) is 12.2. The molecule has 5 nitrogen and oxygen atoms in total. The number of pyridine rings is 1. The van der Waals surface area contributed by atoms with E-state index in [4.69, 9.17) is 4.42 Å². The molecule has 0 aliphatic carbocycles. The number of aryl methyl sites for hydroxylation is 3. The van der Waals surface area contributed by atoms with Crippen molar-refractivity contribution in [1.82, 2.24) is 15.3 Å². The van der Waals surface area contributed by atoms with Crippen LogP contribution in [0, 0.1) is 20.8 Å². The number of nitrogens with one attached hydrogen (secondary N) is 1. The molecule has 5 heteroatoms. The summed E-state index contributed by atoms with van der Waals surface area (Å²) in [5.41, 5.74) is 2.58. The van der Waals surface area contributed by atoms with E-state index >= 15 is 0 Å². The first-order valence-electron chi connectivity index (χ1n) is 6.68. The molecule has 0 aromatic carbocycles. The fourth-order valence-corrected chi connectivity index (χ4v) is 2.10. The van der Waals surface area contributed by atoms with Gasteiger partial charge in [0.1, 0.15) is 0 Å². The van der Waals surface area contributed by atoms with Crippen LogP contribution in [0.2, 0.25) is 0 Å². The summed E-state index contributed by atoms with van der Waals surface area (Å²) in [6.07, 6.45) is 2.51. The van der Waals surface area contributed by atoms with Crippen LogP contribution in [0.15, 0.2) is 22.7 Å². The summed E-state index contributed by atoms with van der Waals surface area (Å²) in [5.74, 6) is 0.515. The lowest BCUT2D eigenvalue weighted by Gasteiger charge is -2.16. The highest BCUT2D eigenvalue weighted by molar-refractivity contribution is 5.92. The van der Waals surface area contributed by atoms with Crippen LogP contribution in [-0.4, -0.2) is 15.9 Å². The molecule has 2 aromatic heterocycles. The van der Waals surface area contributed by atoms with Gasteiger partial charge >= 0.3 is 0 Å².